The molecule has 0 aromatic carbocycles. The van der Waals surface area contributed by atoms with E-state index in [1.807, 2.05) is 42.5 Å². The summed E-state index contributed by atoms with van der Waals surface area (Å²) >= 11 is 0. The van der Waals surface area contributed by atoms with Gasteiger partial charge in [-0.15, -0.1) is 0 Å². The van der Waals surface area contributed by atoms with Crippen LogP contribution in [0, 0.1) is 0 Å². The van der Waals surface area contributed by atoms with E-state index < -0.39 is 70.6 Å². The van der Waals surface area contributed by atoms with Crippen LogP contribution in [0.5, 0.6) is 0 Å². The molecule has 0 aromatic heterocycles. The molecule has 0 aliphatic carbocycles. The van der Waals surface area contributed by atoms with Gasteiger partial charge in [-0.1, -0.05) is 143 Å². The lowest BCUT2D eigenvalue weighted by Gasteiger charge is -2.20. The summed E-state index contributed by atoms with van der Waals surface area (Å²) in [6.07, 6.45) is 41.6. The van der Waals surface area contributed by atoms with Gasteiger partial charge >= 0.3 is 19.8 Å². The second-order valence-electron chi connectivity index (χ2n) is 14.1. The Hall–Kier alpha value is -3.19. The Morgan fingerprint density at radius 1 is 0.576 bits per heavy atom. The van der Waals surface area contributed by atoms with E-state index in [1.165, 1.54) is 19.3 Å². The topological polar surface area (TPSA) is 189 Å². The Balaban J connectivity index is 4.66. The van der Waals surface area contributed by atoms with Crippen molar-refractivity contribution in [2.45, 2.75) is 154 Å². The third kappa shape index (κ3) is 40.0. The van der Waals surface area contributed by atoms with Gasteiger partial charge < -0.3 is 34.8 Å². The minimum atomic E-state index is -4.69. The van der Waals surface area contributed by atoms with Gasteiger partial charge in [0.15, 0.2) is 6.10 Å². The van der Waals surface area contributed by atoms with Crippen molar-refractivity contribution in [1.29, 1.82) is 0 Å². The minimum absolute atomic E-state index is 0.0242. The van der Waals surface area contributed by atoms with Gasteiger partial charge in [-0.2, -0.15) is 0 Å². The molecule has 0 bridgehead atoms. The molecule has 0 amide bonds. The van der Waals surface area contributed by atoms with Crippen molar-refractivity contribution in [3.8, 4) is 0 Å². The zero-order valence-corrected chi connectivity index (χ0v) is 36.5. The molecule has 13 heteroatoms. The summed E-state index contributed by atoms with van der Waals surface area (Å²) in [7, 11) is -4.69. The average molecular weight is 851 g/mol. The van der Waals surface area contributed by atoms with Crippen LogP contribution < -0.4 is 0 Å². The van der Waals surface area contributed by atoms with Gasteiger partial charge in [0.05, 0.1) is 32.0 Å². The van der Waals surface area contributed by atoms with Crippen molar-refractivity contribution in [3.63, 3.8) is 0 Å². The number of unbranched alkanes of at least 4 members (excludes halogenated alkanes) is 6. The van der Waals surface area contributed by atoms with Crippen LogP contribution in [0.1, 0.15) is 129 Å². The molecule has 0 aromatic rings. The molecule has 0 spiro atoms. The fourth-order valence-electron chi connectivity index (χ4n) is 5.02. The molecule has 0 rings (SSSR count). The maximum Gasteiger partial charge on any atom is 0.472 e. The number of aliphatic hydroxyl groups excluding tert-OH is 4. The summed E-state index contributed by atoms with van der Waals surface area (Å²) in [4.78, 5) is 35.0. The van der Waals surface area contributed by atoms with Crippen LogP contribution in [0.4, 0.5) is 0 Å². The molecule has 0 saturated carbocycles. The molecule has 1 unspecified atom stereocenters. The molecule has 336 valence electrons. The lowest BCUT2D eigenvalue weighted by Crippen LogP contribution is -2.29. The van der Waals surface area contributed by atoms with Crippen molar-refractivity contribution in [2.75, 3.05) is 26.4 Å². The first-order valence-electron chi connectivity index (χ1n) is 21.4. The van der Waals surface area contributed by atoms with Crippen molar-refractivity contribution in [3.05, 3.63) is 97.2 Å². The first-order valence-corrected chi connectivity index (χ1v) is 22.9. The van der Waals surface area contributed by atoms with Gasteiger partial charge in [0.2, 0.25) is 0 Å². The average Bonchev–Trinajstić information content (AvgIpc) is 3.21. The number of phosphoric acid groups is 1. The number of rotatable bonds is 38. The third-order valence-electron chi connectivity index (χ3n) is 8.42. The monoisotopic (exact) mass is 850 g/mol. The van der Waals surface area contributed by atoms with E-state index in [9.17, 15) is 34.4 Å². The summed E-state index contributed by atoms with van der Waals surface area (Å²) in [5, 5.41) is 38.4. The first-order chi connectivity index (χ1) is 28.5. The largest absolute Gasteiger partial charge is 0.472 e. The van der Waals surface area contributed by atoms with E-state index >= 15 is 0 Å². The van der Waals surface area contributed by atoms with Crippen molar-refractivity contribution in [1.82, 2.24) is 0 Å². The normalized spacial score (nSPS) is 15.8. The third-order valence-corrected chi connectivity index (χ3v) is 9.37. The zero-order chi connectivity index (χ0) is 43.7. The van der Waals surface area contributed by atoms with Crippen LogP contribution >= 0.6 is 7.82 Å². The fraction of sp³-hybridized carbons (Fsp3) is 0.609. The second kappa shape index (κ2) is 40.2. The number of phosphoric ester groups is 1. The number of hydrogen-bond donors (Lipinski definition) is 5. The number of carbonyl (C=O) groups excluding carboxylic acids is 2. The highest BCUT2D eigenvalue weighted by Gasteiger charge is 2.27. The standard InChI is InChI=1S/C46H75O12P/c1-3-5-7-8-9-10-11-12-13-14-15-16-17-18-22-25-29-35-46(52)58-44(40-57-59(53,54)56-38-43(50)37-47)39-55-45(51)36-30-34-42(49)33-28-24-21-19-20-23-27-32-41(48)31-26-6-4-2/h9-10,12-13,15-16,18,20-24,27-28,32-33,41-44,47-50H,3-8,11,14,17,19,25-26,29-31,34-40H2,1-2H3,(H,53,54)/b10-9-,13-12-,16-15-,22-18-,23-20-,24-21-,32-27+,33-28+/t41-,42-,43-,44+/m0/s1. The Morgan fingerprint density at radius 3 is 1.64 bits per heavy atom. The summed E-state index contributed by atoms with van der Waals surface area (Å²) < 4.78 is 32.5. The van der Waals surface area contributed by atoms with Gasteiger partial charge in [0, 0.05) is 12.8 Å². The maximum absolute atomic E-state index is 12.6. The number of esters is 2. The van der Waals surface area contributed by atoms with Gasteiger partial charge in [-0.25, -0.2) is 4.57 Å². The predicted octanol–water partition coefficient (Wildman–Crippen LogP) is 9.16. The van der Waals surface area contributed by atoms with Crippen molar-refractivity contribution >= 4 is 19.8 Å². The quantitative estimate of drug-likeness (QED) is 0.0130. The number of hydrogen-bond acceptors (Lipinski definition) is 11. The van der Waals surface area contributed by atoms with E-state index in [2.05, 4.69) is 54.8 Å². The summed E-state index contributed by atoms with van der Waals surface area (Å²) in [5.74, 6) is -1.23. The number of aliphatic hydroxyl groups is 4. The molecular formula is C46H75O12P. The molecule has 12 nitrogen and oxygen atoms in total. The molecule has 59 heavy (non-hydrogen) atoms. The highest BCUT2D eigenvalue weighted by atomic mass is 31.2. The molecule has 0 fully saturated rings. The Bertz CT molecular complexity index is 1330. The second-order valence-corrected chi connectivity index (χ2v) is 15.5. The summed E-state index contributed by atoms with van der Waals surface area (Å²) in [6.45, 7) is 1.90. The van der Waals surface area contributed by atoms with E-state index in [0.717, 1.165) is 51.4 Å². The smallest absolute Gasteiger partial charge is 0.462 e. The maximum atomic E-state index is 12.6. The molecule has 0 radical (unpaired) electrons. The molecular weight excluding hydrogens is 775 g/mol. The zero-order valence-electron chi connectivity index (χ0n) is 35.6. The van der Waals surface area contributed by atoms with Crippen LogP contribution in [0.3, 0.4) is 0 Å². The van der Waals surface area contributed by atoms with Crippen molar-refractivity contribution < 1.29 is 58.0 Å². The van der Waals surface area contributed by atoms with E-state index in [-0.39, 0.29) is 12.8 Å². The summed E-state index contributed by atoms with van der Waals surface area (Å²) in [6, 6.07) is 0. The number of ether oxygens (including phenoxy) is 2. The highest BCUT2D eigenvalue weighted by molar-refractivity contribution is 7.47. The Morgan fingerprint density at radius 2 is 1.07 bits per heavy atom. The number of allylic oxidation sites excluding steroid dienone is 14. The Kier molecular flexibility index (Phi) is 38.1. The van der Waals surface area contributed by atoms with Crippen molar-refractivity contribution in [2.24, 2.45) is 0 Å². The van der Waals surface area contributed by atoms with Crippen LogP contribution in [-0.2, 0) is 32.7 Å². The molecule has 5 N–H and O–H groups in total. The molecule has 0 saturated heterocycles. The van der Waals surface area contributed by atoms with E-state index in [4.69, 9.17) is 19.1 Å². The van der Waals surface area contributed by atoms with Crippen LogP contribution in [0.15, 0.2) is 97.2 Å². The first kappa shape index (κ1) is 55.8. The highest BCUT2D eigenvalue weighted by Crippen LogP contribution is 2.43. The number of carbonyl (C=O) groups is 2. The van der Waals surface area contributed by atoms with Gasteiger partial charge in [-0.3, -0.25) is 18.6 Å². The van der Waals surface area contributed by atoms with Gasteiger partial charge in [0.25, 0.3) is 0 Å². The fourth-order valence-corrected chi connectivity index (χ4v) is 5.81. The molecule has 0 aliphatic heterocycles. The molecule has 0 aliphatic rings. The molecule has 5 atom stereocenters. The van der Waals surface area contributed by atoms with E-state index in [0.29, 0.717) is 32.1 Å². The van der Waals surface area contributed by atoms with Crippen LogP contribution in [0.25, 0.3) is 0 Å². The van der Waals surface area contributed by atoms with Crippen LogP contribution in [0.2, 0.25) is 0 Å². The molecule has 0 heterocycles. The lowest BCUT2D eigenvalue weighted by molar-refractivity contribution is -0.161. The van der Waals surface area contributed by atoms with Crippen LogP contribution in [-0.4, -0.2) is 88.1 Å². The van der Waals surface area contributed by atoms with Gasteiger partial charge in [0.1, 0.15) is 12.7 Å². The van der Waals surface area contributed by atoms with Gasteiger partial charge in [-0.05, 0) is 70.6 Å². The lowest BCUT2D eigenvalue weighted by atomic mass is 10.1. The SMILES string of the molecule is CCCCC/C=C\C/C=C\C/C=C\C/C=C\CCCC(=O)O[C@H](COC(=O)CCC[C@@H](O)/C=C/C=C\C/C=C\C=C\[C@@H](O)CCCCC)COP(=O)(O)OC[C@@H](O)CO. The predicted molar refractivity (Wildman–Crippen MR) is 235 cm³/mol. The Labute approximate surface area is 354 Å². The summed E-state index contributed by atoms with van der Waals surface area (Å²) in [5.41, 5.74) is 0. The van der Waals surface area contributed by atoms with E-state index in [1.54, 1.807) is 18.2 Å². The minimum Gasteiger partial charge on any atom is -0.462 e.